The van der Waals surface area contributed by atoms with E-state index in [1.54, 1.807) is 0 Å². The van der Waals surface area contributed by atoms with Crippen LogP contribution in [0.3, 0.4) is 0 Å². The fourth-order valence-electron chi connectivity index (χ4n) is 2.50. The third-order valence-corrected chi connectivity index (χ3v) is 5.27. The lowest BCUT2D eigenvalue weighted by Crippen LogP contribution is -2.48. The second-order valence-corrected chi connectivity index (χ2v) is 7.13. The van der Waals surface area contributed by atoms with Gasteiger partial charge < -0.3 is 10.1 Å². The van der Waals surface area contributed by atoms with Gasteiger partial charge in [-0.05, 0) is 31.5 Å². The van der Waals surface area contributed by atoms with Crippen LogP contribution in [0.15, 0.2) is 17.0 Å². The molecule has 2 rings (SSSR count). The lowest BCUT2D eigenvalue weighted by atomic mass is 9.97. The summed E-state index contributed by atoms with van der Waals surface area (Å²) in [6.45, 7) is 3.20. The summed E-state index contributed by atoms with van der Waals surface area (Å²) in [5.74, 6) is -1.64. The van der Waals surface area contributed by atoms with Gasteiger partial charge in [-0.1, -0.05) is 6.92 Å². The zero-order valence-corrected chi connectivity index (χ0v) is 13.5. The van der Waals surface area contributed by atoms with Gasteiger partial charge in [-0.3, -0.25) is 10.1 Å². The molecule has 128 valence electrons. The number of ether oxygens (including phenoxy) is 1. The number of benzene rings is 1. The van der Waals surface area contributed by atoms with Gasteiger partial charge in [0.05, 0.1) is 16.9 Å². The quantitative estimate of drug-likeness (QED) is 0.608. The Morgan fingerprint density at radius 1 is 1.48 bits per heavy atom. The number of rotatable bonds is 5. The van der Waals surface area contributed by atoms with Crippen LogP contribution in [-0.2, 0) is 10.0 Å². The van der Waals surface area contributed by atoms with Crippen LogP contribution in [0.4, 0.5) is 10.1 Å². The SMILES string of the molecule is COc1c(F)cc(S(=O)(=O)NC2CCNCC2C)cc1[N+](=O)[O-]. The van der Waals surface area contributed by atoms with Crippen LogP contribution in [0.2, 0.25) is 0 Å². The lowest BCUT2D eigenvalue weighted by molar-refractivity contribution is -0.386. The number of piperidine rings is 1. The van der Waals surface area contributed by atoms with E-state index < -0.39 is 37.1 Å². The third kappa shape index (κ3) is 3.77. The Morgan fingerprint density at radius 3 is 2.74 bits per heavy atom. The predicted octanol–water partition coefficient (Wildman–Crippen LogP) is 1.02. The number of nitro groups is 1. The Kier molecular flexibility index (Phi) is 5.17. The van der Waals surface area contributed by atoms with Crippen LogP contribution in [0.25, 0.3) is 0 Å². The highest BCUT2D eigenvalue weighted by molar-refractivity contribution is 7.89. The molecular formula is C13H18FN3O5S. The monoisotopic (exact) mass is 347 g/mol. The molecule has 1 saturated heterocycles. The Hall–Kier alpha value is -1.78. The highest BCUT2D eigenvalue weighted by Gasteiger charge is 2.30. The van der Waals surface area contributed by atoms with Gasteiger partial charge in [0.25, 0.3) is 0 Å². The van der Waals surface area contributed by atoms with Crippen LogP contribution in [0.1, 0.15) is 13.3 Å². The van der Waals surface area contributed by atoms with Crippen molar-refractivity contribution >= 4 is 15.7 Å². The van der Waals surface area contributed by atoms with Crippen molar-refractivity contribution in [2.75, 3.05) is 20.2 Å². The van der Waals surface area contributed by atoms with Crippen LogP contribution in [0, 0.1) is 21.8 Å². The molecule has 1 aromatic rings. The summed E-state index contributed by atoms with van der Waals surface area (Å²) >= 11 is 0. The van der Waals surface area contributed by atoms with Gasteiger partial charge in [-0.2, -0.15) is 0 Å². The Bertz CT molecular complexity index is 710. The second-order valence-electron chi connectivity index (χ2n) is 5.41. The molecule has 8 nitrogen and oxygen atoms in total. The zero-order chi connectivity index (χ0) is 17.2. The topological polar surface area (TPSA) is 111 Å². The fraction of sp³-hybridized carbons (Fsp3) is 0.538. The van der Waals surface area contributed by atoms with E-state index in [9.17, 15) is 22.9 Å². The maximum atomic E-state index is 13.9. The molecular weight excluding hydrogens is 329 g/mol. The molecule has 2 atom stereocenters. The summed E-state index contributed by atoms with van der Waals surface area (Å²) in [6.07, 6.45) is 0.584. The molecule has 0 spiro atoms. The number of nitrogens with zero attached hydrogens (tertiary/aromatic N) is 1. The van der Waals surface area contributed by atoms with Crippen molar-refractivity contribution in [1.82, 2.24) is 10.0 Å². The average molecular weight is 347 g/mol. The van der Waals surface area contributed by atoms with Gasteiger partial charge in [0.2, 0.25) is 15.8 Å². The van der Waals surface area contributed by atoms with Crippen molar-refractivity contribution < 1.29 is 22.5 Å². The van der Waals surface area contributed by atoms with Crippen molar-refractivity contribution in [2.45, 2.75) is 24.3 Å². The second kappa shape index (κ2) is 6.77. The molecule has 0 amide bonds. The normalized spacial score (nSPS) is 21.9. The maximum absolute atomic E-state index is 13.9. The summed E-state index contributed by atoms with van der Waals surface area (Å²) in [7, 11) is -3.00. The summed E-state index contributed by atoms with van der Waals surface area (Å²) in [5.41, 5.74) is -0.730. The van der Waals surface area contributed by atoms with E-state index in [-0.39, 0.29) is 12.0 Å². The van der Waals surface area contributed by atoms with Gasteiger partial charge in [0.1, 0.15) is 0 Å². The van der Waals surface area contributed by atoms with E-state index in [0.717, 1.165) is 19.2 Å². The van der Waals surface area contributed by atoms with Gasteiger partial charge in [0.15, 0.2) is 5.82 Å². The van der Waals surface area contributed by atoms with E-state index in [0.29, 0.717) is 19.5 Å². The van der Waals surface area contributed by atoms with Crippen molar-refractivity contribution in [3.8, 4) is 5.75 Å². The molecule has 0 saturated carbocycles. The van der Waals surface area contributed by atoms with E-state index in [4.69, 9.17) is 0 Å². The van der Waals surface area contributed by atoms with Gasteiger partial charge >= 0.3 is 5.69 Å². The van der Waals surface area contributed by atoms with Crippen LogP contribution in [0.5, 0.6) is 5.75 Å². The number of methoxy groups -OCH3 is 1. The van der Waals surface area contributed by atoms with Gasteiger partial charge in [-0.25, -0.2) is 17.5 Å². The minimum absolute atomic E-state index is 0.0524. The number of nitrogens with one attached hydrogen (secondary N) is 2. The highest BCUT2D eigenvalue weighted by atomic mass is 32.2. The minimum atomic E-state index is -4.07. The van der Waals surface area contributed by atoms with Crippen molar-refractivity contribution in [3.63, 3.8) is 0 Å². The lowest BCUT2D eigenvalue weighted by Gasteiger charge is -2.29. The van der Waals surface area contributed by atoms with Gasteiger partial charge in [-0.15, -0.1) is 0 Å². The Balaban J connectivity index is 2.38. The van der Waals surface area contributed by atoms with E-state index in [1.165, 1.54) is 0 Å². The van der Waals surface area contributed by atoms with Crippen molar-refractivity contribution in [1.29, 1.82) is 0 Å². The smallest absolute Gasteiger partial charge is 0.315 e. The first-order valence-corrected chi connectivity index (χ1v) is 8.49. The first-order chi connectivity index (χ1) is 10.8. The molecule has 1 aromatic carbocycles. The molecule has 0 aromatic heterocycles. The van der Waals surface area contributed by atoms with Gasteiger partial charge in [0, 0.05) is 12.1 Å². The average Bonchev–Trinajstić information content (AvgIpc) is 2.48. The summed E-state index contributed by atoms with van der Waals surface area (Å²) < 4.78 is 45.9. The van der Waals surface area contributed by atoms with Crippen molar-refractivity contribution in [2.24, 2.45) is 5.92 Å². The van der Waals surface area contributed by atoms with E-state index >= 15 is 0 Å². The third-order valence-electron chi connectivity index (χ3n) is 3.80. The molecule has 23 heavy (non-hydrogen) atoms. The molecule has 1 aliphatic heterocycles. The molecule has 1 aliphatic rings. The molecule has 0 aliphatic carbocycles. The Morgan fingerprint density at radius 2 is 2.17 bits per heavy atom. The molecule has 1 heterocycles. The molecule has 10 heteroatoms. The van der Waals surface area contributed by atoms with Crippen LogP contribution < -0.4 is 14.8 Å². The Labute approximate surface area is 133 Å². The first kappa shape index (κ1) is 17.6. The zero-order valence-electron chi connectivity index (χ0n) is 12.7. The molecule has 0 bridgehead atoms. The van der Waals surface area contributed by atoms with E-state index in [2.05, 4.69) is 14.8 Å². The number of hydrogen-bond donors (Lipinski definition) is 2. The fourth-order valence-corrected chi connectivity index (χ4v) is 3.91. The van der Waals surface area contributed by atoms with Crippen LogP contribution in [-0.4, -0.2) is 39.6 Å². The number of hydrogen-bond acceptors (Lipinski definition) is 6. The van der Waals surface area contributed by atoms with E-state index in [1.807, 2.05) is 6.92 Å². The predicted molar refractivity (Wildman–Crippen MR) is 80.4 cm³/mol. The minimum Gasteiger partial charge on any atom is -0.488 e. The first-order valence-electron chi connectivity index (χ1n) is 7.01. The molecule has 0 radical (unpaired) electrons. The van der Waals surface area contributed by atoms with Crippen molar-refractivity contribution in [3.05, 3.63) is 28.1 Å². The molecule has 1 fully saturated rings. The molecule has 2 unspecified atom stereocenters. The number of sulfonamides is 1. The largest absolute Gasteiger partial charge is 0.488 e. The highest BCUT2D eigenvalue weighted by Crippen LogP contribution is 2.33. The summed E-state index contributed by atoms with van der Waals surface area (Å²) in [4.78, 5) is 9.62. The summed E-state index contributed by atoms with van der Waals surface area (Å²) in [5, 5.41) is 14.1. The maximum Gasteiger partial charge on any atom is 0.315 e. The number of nitro benzene ring substituents is 1. The number of halogens is 1. The standard InChI is InChI=1S/C13H18FN3O5S/c1-8-7-15-4-3-11(8)16-23(20,21)9-5-10(14)13(22-2)12(6-9)17(18)19/h5-6,8,11,15-16H,3-4,7H2,1-2H3. The molecule has 2 N–H and O–H groups in total. The van der Waals surface area contributed by atoms with Crippen LogP contribution >= 0.6 is 0 Å². The summed E-state index contributed by atoms with van der Waals surface area (Å²) in [6, 6.07) is 1.21.